The zero-order valence-corrected chi connectivity index (χ0v) is 11.7. The van der Waals surface area contributed by atoms with Gasteiger partial charge in [-0.2, -0.15) is 0 Å². The second-order valence-electron chi connectivity index (χ2n) is 4.03. The Balaban J connectivity index is 2.64. The van der Waals surface area contributed by atoms with Gasteiger partial charge in [0.05, 0.1) is 0 Å². The number of nitrogens with one attached hydrogen (secondary N) is 1. The number of halogens is 1. The standard InChI is InChI=1S/C14H16BrNO/c1-10(2)9-16-14(17)7-6-12-5-4-11(3)8-13(12)15/h4-8H,1,9H2,2-3H3,(H,16,17)/b7-6+. The second-order valence-corrected chi connectivity index (χ2v) is 4.89. The summed E-state index contributed by atoms with van der Waals surface area (Å²) in [6.07, 6.45) is 3.32. The van der Waals surface area contributed by atoms with Gasteiger partial charge in [0.1, 0.15) is 0 Å². The fourth-order valence-electron chi connectivity index (χ4n) is 1.23. The Morgan fingerprint density at radius 2 is 2.24 bits per heavy atom. The molecule has 0 saturated heterocycles. The molecule has 0 bridgehead atoms. The maximum absolute atomic E-state index is 11.4. The van der Waals surface area contributed by atoms with E-state index in [0.29, 0.717) is 6.54 Å². The van der Waals surface area contributed by atoms with Crippen molar-refractivity contribution in [1.82, 2.24) is 5.32 Å². The van der Waals surface area contributed by atoms with Crippen molar-refractivity contribution in [2.75, 3.05) is 6.54 Å². The maximum atomic E-state index is 11.4. The first-order valence-corrected chi connectivity index (χ1v) is 6.15. The summed E-state index contributed by atoms with van der Waals surface area (Å²) in [6.45, 7) is 8.14. The third-order valence-corrected chi connectivity index (χ3v) is 2.82. The average Bonchev–Trinajstić information content (AvgIpc) is 2.25. The van der Waals surface area contributed by atoms with Crippen LogP contribution in [0.15, 0.2) is 40.9 Å². The molecule has 0 aromatic heterocycles. The topological polar surface area (TPSA) is 29.1 Å². The summed E-state index contributed by atoms with van der Waals surface area (Å²) in [7, 11) is 0. The zero-order valence-electron chi connectivity index (χ0n) is 10.1. The number of hydrogen-bond donors (Lipinski definition) is 1. The van der Waals surface area contributed by atoms with Gasteiger partial charge in [-0.05, 0) is 37.1 Å². The van der Waals surface area contributed by atoms with Gasteiger partial charge in [0, 0.05) is 17.1 Å². The van der Waals surface area contributed by atoms with Crippen molar-refractivity contribution in [2.24, 2.45) is 0 Å². The summed E-state index contributed by atoms with van der Waals surface area (Å²) in [5.74, 6) is -0.111. The van der Waals surface area contributed by atoms with Gasteiger partial charge < -0.3 is 5.32 Å². The molecule has 0 heterocycles. The molecule has 1 aromatic rings. The highest BCUT2D eigenvalue weighted by Crippen LogP contribution is 2.19. The first kappa shape index (κ1) is 13.7. The summed E-state index contributed by atoms with van der Waals surface area (Å²) in [6, 6.07) is 6.00. The van der Waals surface area contributed by atoms with Crippen molar-refractivity contribution < 1.29 is 4.79 Å². The molecular formula is C14H16BrNO. The fraction of sp³-hybridized carbons (Fsp3) is 0.214. The van der Waals surface area contributed by atoms with E-state index >= 15 is 0 Å². The Hall–Kier alpha value is -1.35. The Kier molecular flexibility index (Phi) is 5.16. The van der Waals surface area contributed by atoms with E-state index in [2.05, 4.69) is 27.8 Å². The lowest BCUT2D eigenvalue weighted by atomic mass is 10.1. The molecule has 0 unspecified atom stereocenters. The zero-order chi connectivity index (χ0) is 12.8. The Bertz CT molecular complexity index is 463. The number of rotatable bonds is 4. The van der Waals surface area contributed by atoms with Crippen LogP contribution >= 0.6 is 15.9 Å². The van der Waals surface area contributed by atoms with Gasteiger partial charge in [0.25, 0.3) is 0 Å². The molecule has 2 nitrogen and oxygen atoms in total. The predicted molar refractivity (Wildman–Crippen MR) is 75.7 cm³/mol. The summed E-state index contributed by atoms with van der Waals surface area (Å²) < 4.78 is 0.987. The first-order chi connectivity index (χ1) is 7.99. The van der Waals surface area contributed by atoms with Crippen molar-refractivity contribution in [3.63, 3.8) is 0 Å². The summed E-state index contributed by atoms with van der Waals surface area (Å²) in [4.78, 5) is 11.4. The molecule has 0 aliphatic carbocycles. The molecule has 0 saturated carbocycles. The van der Waals surface area contributed by atoms with Gasteiger partial charge in [-0.25, -0.2) is 0 Å². The molecule has 0 spiro atoms. The van der Waals surface area contributed by atoms with Crippen LogP contribution in [0.2, 0.25) is 0 Å². The lowest BCUT2D eigenvalue weighted by Gasteiger charge is -2.01. The largest absolute Gasteiger partial charge is 0.349 e. The van der Waals surface area contributed by atoms with Crippen LogP contribution < -0.4 is 5.32 Å². The van der Waals surface area contributed by atoms with E-state index in [4.69, 9.17) is 0 Å². The summed E-state index contributed by atoms with van der Waals surface area (Å²) >= 11 is 3.46. The minimum Gasteiger partial charge on any atom is -0.349 e. The third-order valence-electron chi connectivity index (χ3n) is 2.13. The van der Waals surface area contributed by atoms with Crippen LogP contribution in [0.5, 0.6) is 0 Å². The highest BCUT2D eigenvalue weighted by Gasteiger charge is 1.98. The third kappa shape index (κ3) is 5.00. The molecule has 0 fully saturated rings. The summed E-state index contributed by atoms with van der Waals surface area (Å²) in [5.41, 5.74) is 3.10. The van der Waals surface area contributed by atoms with Crippen molar-refractivity contribution >= 4 is 27.9 Å². The molecule has 1 rings (SSSR count). The van der Waals surface area contributed by atoms with E-state index in [0.717, 1.165) is 15.6 Å². The van der Waals surface area contributed by atoms with Crippen LogP contribution in [-0.2, 0) is 4.79 Å². The van der Waals surface area contributed by atoms with Gasteiger partial charge in [0.2, 0.25) is 5.91 Å². The molecule has 1 amide bonds. The van der Waals surface area contributed by atoms with Gasteiger partial charge in [0.15, 0.2) is 0 Å². The van der Waals surface area contributed by atoms with Gasteiger partial charge >= 0.3 is 0 Å². The summed E-state index contributed by atoms with van der Waals surface area (Å²) in [5, 5.41) is 2.74. The minimum absolute atomic E-state index is 0.111. The van der Waals surface area contributed by atoms with E-state index in [1.54, 1.807) is 6.08 Å². The van der Waals surface area contributed by atoms with Crippen LogP contribution in [0.1, 0.15) is 18.1 Å². The lowest BCUT2D eigenvalue weighted by molar-refractivity contribution is -0.116. The molecular weight excluding hydrogens is 278 g/mol. The highest BCUT2D eigenvalue weighted by atomic mass is 79.9. The van der Waals surface area contributed by atoms with Gasteiger partial charge in [-0.15, -0.1) is 0 Å². The Morgan fingerprint density at radius 3 is 2.82 bits per heavy atom. The van der Waals surface area contributed by atoms with Crippen LogP contribution in [0.3, 0.4) is 0 Å². The average molecular weight is 294 g/mol. The SMILES string of the molecule is C=C(C)CNC(=O)/C=C/c1ccc(C)cc1Br. The number of carbonyl (C=O) groups excluding carboxylic acids is 1. The van der Waals surface area contributed by atoms with Crippen molar-refractivity contribution in [3.05, 3.63) is 52.0 Å². The molecule has 0 aliphatic rings. The molecule has 3 heteroatoms. The highest BCUT2D eigenvalue weighted by molar-refractivity contribution is 9.10. The number of carbonyl (C=O) groups is 1. The van der Waals surface area contributed by atoms with Gasteiger partial charge in [-0.3, -0.25) is 4.79 Å². The first-order valence-electron chi connectivity index (χ1n) is 5.35. The molecule has 1 N–H and O–H groups in total. The van der Waals surface area contributed by atoms with E-state index in [1.165, 1.54) is 11.6 Å². The van der Waals surface area contributed by atoms with E-state index in [9.17, 15) is 4.79 Å². The molecule has 17 heavy (non-hydrogen) atoms. The normalized spacial score (nSPS) is 10.5. The Morgan fingerprint density at radius 1 is 1.53 bits per heavy atom. The lowest BCUT2D eigenvalue weighted by Crippen LogP contribution is -2.22. The maximum Gasteiger partial charge on any atom is 0.244 e. The predicted octanol–water partition coefficient (Wildman–Crippen LogP) is 3.46. The molecule has 0 atom stereocenters. The van der Waals surface area contributed by atoms with Crippen LogP contribution in [-0.4, -0.2) is 12.5 Å². The van der Waals surface area contributed by atoms with Gasteiger partial charge in [-0.1, -0.05) is 40.2 Å². The van der Waals surface area contributed by atoms with E-state index in [-0.39, 0.29) is 5.91 Å². The number of amides is 1. The fourth-order valence-corrected chi connectivity index (χ4v) is 1.86. The van der Waals surface area contributed by atoms with E-state index < -0.39 is 0 Å². The quantitative estimate of drug-likeness (QED) is 0.668. The number of benzene rings is 1. The molecule has 0 radical (unpaired) electrons. The van der Waals surface area contributed by atoms with Crippen molar-refractivity contribution in [1.29, 1.82) is 0 Å². The second kappa shape index (κ2) is 6.40. The van der Waals surface area contributed by atoms with Crippen LogP contribution in [0, 0.1) is 6.92 Å². The van der Waals surface area contributed by atoms with Crippen LogP contribution in [0.25, 0.3) is 6.08 Å². The molecule has 1 aromatic carbocycles. The minimum atomic E-state index is -0.111. The smallest absolute Gasteiger partial charge is 0.244 e. The van der Waals surface area contributed by atoms with Crippen molar-refractivity contribution in [3.8, 4) is 0 Å². The number of hydrogen-bond acceptors (Lipinski definition) is 1. The Labute approximate surface area is 111 Å². The number of aryl methyl sites for hydroxylation is 1. The van der Waals surface area contributed by atoms with Crippen LogP contribution in [0.4, 0.5) is 0 Å². The van der Waals surface area contributed by atoms with E-state index in [1.807, 2.05) is 32.0 Å². The van der Waals surface area contributed by atoms with Crippen molar-refractivity contribution in [2.45, 2.75) is 13.8 Å². The monoisotopic (exact) mass is 293 g/mol. The molecule has 90 valence electrons. The molecule has 0 aliphatic heterocycles.